The van der Waals surface area contributed by atoms with Crippen LogP contribution in [0, 0.1) is 23.5 Å². The number of fused-ring (bicyclic) bond motifs is 2. The monoisotopic (exact) mass is 804 g/mol. The summed E-state index contributed by atoms with van der Waals surface area (Å²) in [4.78, 5) is 18.6. The molecule has 2 atom stereocenters. The Hall–Kier alpha value is -5.48. The van der Waals surface area contributed by atoms with E-state index in [1.807, 2.05) is 0 Å². The van der Waals surface area contributed by atoms with E-state index in [4.69, 9.17) is 10.7 Å². The highest BCUT2D eigenvalue weighted by Gasteiger charge is 2.53. The van der Waals surface area contributed by atoms with E-state index >= 15 is 8.78 Å². The SMILES string of the molecule is C[C@H]1CC(F)(F)c2c1c(C(F)(F)F)nn2CC(=O)N[C@@H](Cc1cc(F)cc(F)c1)c1nc(C#CC(C)(C)N)ccc1-c1cccc2c(NS(C)(=O)=O)nn(C)c12. The molecule has 1 amide bonds. The number of nitrogens with two attached hydrogens (primary N) is 1. The first-order chi connectivity index (χ1) is 25.9. The number of anilines is 1. The van der Waals surface area contributed by atoms with Crippen LogP contribution in [0.4, 0.5) is 36.6 Å². The minimum absolute atomic E-state index is 0.00483. The van der Waals surface area contributed by atoms with E-state index < -0.39 is 87.1 Å². The van der Waals surface area contributed by atoms with Gasteiger partial charge >= 0.3 is 6.18 Å². The van der Waals surface area contributed by atoms with Crippen LogP contribution in [0.15, 0.2) is 48.5 Å². The predicted octanol–water partition coefficient (Wildman–Crippen LogP) is 6.29. The quantitative estimate of drug-likeness (QED) is 0.117. The van der Waals surface area contributed by atoms with Gasteiger partial charge in [0.2, 0.25) is 15.9 Å². The third kappa shape index (κ3) is 8.50. The number of amides is 1. The summed E-state index contributed by atoms with van der Waals surface area (Å²) in [6.45, 7) is 3.42. The van der Waals surface area contributed by atoms with Crippen molar-refractivity contribution < 1.29 is 43.9 Å². The van der Waals surface area contributed by atoms with Crippen molar-refractivity contribution in [1.82, 2.24) is 29.9 Å². The van der Waals surface area contributed by atoms with E-state index in [1.54, 1.807) is 45.2 Å². The van der Waals surface area contributed by atoms with Crippen LogP contribution >= 0.6 is 0 Å². The number of benzene rings is 2. The van der Waals surface area contributed by atoms with Gasteiger partial charge in [-0.15, -0.1) is 0 Å². The van der Waals surface area contributed by atoms with Gasteiger partial charge in [0.25, 0.3) is 5.92 Å². The topological polar surface area (TPSA) is 150 Å². The van der Waals surface area contributed by atoms with Crippen molar-refractivity contribution >= 4 is 32.7 Å². The number of aryl methyl sites for hydroxylation is 1. The molecule has 0 unspecified atom stereocenters. The maximum atomic E-state index is 15.2. The number of alkyl halides is 5. The number of halogens is 7. The first kappa shape index (κ1) is 40.2. The van der Waals surface area contributed by atoms with E-state index in [0.29, 0.717) is 32.8 Å². The summed E-state index contributed by atoms with van der Waals surface area (Å²) in [5.41, 5.74) is 3.14. The molecule has 3 aromatic heterocycles. The highest BCUT2D eigenvalue weighted by atomic mass is 32.2. The van der Waals surface area contributed by atoms with Gasteiger partial charge in [0.1, 0.15) is 29.6 Å². The van der Waals surface area contributed by atoms with Gasteiger partial charge in [-0.25, -0.2) is 22.2 Å². The molecule has 11 nitrogen and oxygen atoms in total. The smallest absolute Gasteiger partial charge is 0.346 e. The number of carbonyl (C=O) groups is 1. The summed E-state index contributed by atoms with van der Waals surface area (Å²) in [7, 11) is -2.22. The summed E-state index contributed by atoms with van der Waals surface area (Å²) in [6, 6.07) is 9.30. The van der Waals surface area contributed by atoms with Crippen LogP contribution in [0.1, 0.15) is 73.1 Å². The molecule has 0 spiro atoms. The van der Waals surface area contributed by atoms with E-state index in [0.717, 1.165) is 18.4 Å². The Morgan fingerprint density at radius 1 is 1.07 bits per heavy atom. The molecular formula is C37H35F7N8O3S. The Balaban J connectivity index is 1.53. The number of para-hydroxylation sites is 1. The van der Waals surface area contributed by atoms with Crippen molar-refractivity contribution in [2.45, 2.75) is 69.8 Å². The van der Waals surface area contributed by atoms with E-state index in [1.165, 1.54) is 17.7 Å². The summed E-state index contributed by atoms with van der Waals surface area (Å²) < 4.78 is 130. The number of rotatable bonds is 9. The maximum absolute atomic E-state index is 15.2. The number of nitrogens with one attached hydrogen (secondary N) is 2. The number of pyridine rings is 1. The highest BCUT2D eigenvalue weighted by Crippen LogP contribution is 2.52. The van der Waals surface area contributed by atoms with E-state index in [-0.39, 0.29) is 29.2 Å². The Morgan fingerprint density at radius 3 is 2.38 bits per heavy atom. The number of carbonyl (C=O) groups excluding carboxylic acids is 1. The van der Waals surface area contributed by atoms with Gasteiger partial charge in [-0.3, -0.25) is 18.9 Å². The molecule has 0 radical (unpaired) electrons. The Kier molecular flexibility index (Phi) is 10.2. The molecular weight excluding hydrogens is 770 g/mol. The average Bonchev–Trinajstić information content (AvgIpc) is 3.67. The van der Waals surface area contributed by atoms with Gasteiger partial charge in [-0.1, -0.05) is 25.0 Å². The third-order valence-corrected chi connectivity index (χ3v) is 9.42. The zero-order valence-electron chi connectivity index (χ0n) is 30.5. The fourth-order valence-electron chi connectivity index (χ4n) is 6.86. The van der Waals surface area contributed by atoms with Crippen LogP contribution in [0.3, 0.4) is 0 Å². The first-order valence-corrected chi connectivity index (χ1v) is 18.9. The summed E-state index contributed by atoms with van der Waals surface area (Å²) in [5.74, 6) is -2.21. The number of aromatic nitrogens is 5. The molecule has 0 bridgehead atoms. The molecule has 5 aromatic rings. The zero-order chi connectivity index (χ0) is 41.1. The molecule has 6 rings (SSSR count). The normalized spacial score (nSPS) is 16.0. The molecule has 19 heteroatoms. The van der Waals surface area contributed by atoms with Crippen LogP contribution in [-0.4, -0.2) is 50.7 Å². The maximum Gasteiger partial charge on any atom is 0.435 e. The first-order valence-electron chi connectivity index (χ1n) is 17.0. The fourth-order valence-corrected chi connectivity index (χ4v) is 7.36. The predicted molar refractivity (Wildman–Crippen MR) is 193 cm³/mol. The number of hydrogen-bond acceptors (Lipinski definition) is 7. The van der Waals surface area contributed by atoms with Gasteiger partial charge in [0, 0.05) is 41.6 Å². The molecule has 2 aromatic carbocycles. The lowest BCUT2D eigenvalue weighted by Crippen LogP contribution is -2.35. The van der Waals surface area contributed by atoms with Crippen molar-refractivity contribution in [3.8, 4) is 23.0 Å². The van der Waals surface area contributed by atoms with Crippen molar-refractivity contribution in [3.63, 3.8) is 0 Å². The molecule has 1 aliphatic rings. The largest absolute Gasteiger partial charge is 0.435 e. The molecule has 0 saturated heterocycles. The molecule has 3 heterocycles. The third-order valence-electron chi connectivity index (χ3n) is 8.85. The molecule has 0 fully saturated rings. The lowest BCUT2D eigenvalue weighted by atomic mass is 9.93. The Bertz CT molecular complexity index is 2530. The van der Waals surface area contributed by atoms with Crippen LogP contribution in [0.5, 0.6) is 0 Å². The Morgan fingerprint density at radius 2 is 1.75 bits per heavy atom. The van der Waals surface area contributed by atoms with Gasteiger partial charge in [-0.05, 0) is 68.0 Å². The summed E-state index contributed by atoms with van der Waals surface area (Å²) in [6.07, 6.45) is -5.42. The van der Waals surface area contributed by atoms with Crippen molar-refractivity contribution in [1.29, 1.82) is 0 Å². The Labute approximate surface area is 316 Å². The van der Waals surface area contributed by atoms with Crippen LogP contribution in [0.2, 0.25) is 0 Å². The fraction of sp³-hybridized carbons (Fsp3) is 0.351. The lowest BCUT2D eigenvalue weighted by Gasteiger charge is -2.23. The summed E-state index contributed by atoms with van der Waals surface area (Å²) in [5, 5.41) is 10.7. The van der Waals surface area contributed by atoms with Crippen LogP contribution in [0.25, 0.3) is 22.0 Å². The lowest BCUT2D eigenvalue weighted by molar-refractivity contribution is -0.142. The molecule has 0 saturated carbocycles. The van der Waals surface area contributed by atoms with Gasteiger partial charge in [-0.2, -0.15) is 32.1 Å². The standard InChI is InChI=1S/C37H35F7N8O3S/c1-19-17-36(40,41)33-29(19)32(37(42,43)44)48-52(33)18-28(53)47-27(15-20-13-21(38)16-22(39)14-20)30-24(10-9-23(46-30)11-12-35(2,3)45)25-7-6-8-26-31(25)51(4)49-34(26)50-56(5,54)55/h6-10,13-14,16,19,27H,15,17-18,45H2,1-5H3,(H,47,53)(H,49,50)/t19-,27-/m0/s1. The van der Waals surface area contributed by atoms with Crippen LogP contribution < -0.4 is 15.8 Å². The molecule has 4 N–H and O–H groups in total. The molecule has 56 heavy (non-hydrogen) atoms. The van der Waals surface area contributed by atoms with Crippen LogP contribution in [-0.2, 0) is 46.9 Å². The zero-order valence-corrected chi connectivity index (χ0v) is 31.3. The van der Waals surface area contributed by atoms with Crippen molar-refractivity contribution in [3.05, 3.63) is 94.1 Å². The van der Waals surface area contributed by atoms with Gasteiger partial charge in [0.15, 0.2) is 11.5 Å². The number of nitrogens with zero attached hydrogens (tertiary/aromatic N) is 5. The van der Waals surface area contributed by atoms with E-state index in [2.05, 4.69) is 32.1 Å². The second kappa shape index (κ2) is 14.2. The number of hydrogen-bond donors (Lipinski definition) is 3. The van der Waals surface area contributed by atoms with Crippen molar-refractivity contribution in [2.75, 3.05) is 11.0 Å². The molecule has 1 aliphatic carbocycles. The number of sulfonamides is 1. The van der Waals surface area contributed by atoms with Gasteiger partial charge < -0.3 is 11.1 Å². The second-order valence-electron chi connectivity index (χ2n) is 14.3. The highest BCUT2D eigenvalue weighted by molar-refractivity contribution is 7.92. The minimum atomic E-state index is -5.09. The molecule has 0 aliphatic heterocycles. The van der Waals surface area contributed by atoms with E-state index in [9.17, 15) is 35.2 Å². The van der Waals surface area contributed by atoms with Crippen molar-refractivity contribution in [2.24, 2.45) is 12.8 Å². The summed E-state index contributed by atoms with van der Waals surface area (Å²) >= 11 is 0. The average molecular weight is 805 g/mol. The minimum Gasteiger partial charge on any atom is -0.346 e. The second-order valence-corrected chi connectivity index (χ2v) is 16.1. The van der Waals surface area contributed by atoms with Gasteiger partial charge in [0.05, 0.1) is 29.0 Å². The molecule has 296 valence electrons.